The molecule has 0 atom stereocenters. The molecule has 3 rings (SSSR count). The fraction of sp³-hybridized carbons (Fsp3) is 0.412. The van der Waals surface area contributed by atoms with Gasteiger partial charge in [0.1, 0.15) is 11.6 Å². The van der Waals surface area contributed by atoms with Gasteiger partial charge in [-0.1, -0.05) is 19.1 Å². The SMILES string of the molecule is CCc1cc(N2CCC(N)CC2)nc(-c2ccccc2F)n1. The van der Waals surface area contributed by atoms with Gasteiger partial charge in [-0.2, -0.15) is 0 Å². The van der Waals surface area contributed by atoms with Crippen molar-refractivity contribution in [3.8, 4) is 11.4 Å². The summed E-state index contributed by atoms with van der Waals surface area (Å²) in [6.07, 6.45) is 2.71. The number of nitrogens with two attached hydrogens (primary N) is 1. The standard InChI is InChI=1S/C17H21FN4/c1-2-13-11-16(22-9-7-12(19)8-10-22)21-17(20-13)14-5-3-4-6-15(14)18/h3-6,11-12H,2,7-10,19H2,1H3. The second-order valence-electron chi connectivity index (χ2n) is 5.70. The van der Waals surface area contributed by atoms with E-state index in [-0.39, 0.29) is 11.9 Å². The van der Waals surface area contributed by atoms with Crippen molar-refractivity contribution in [1.82, 2.24) is 9.97 Å². The fourth-order valence-corrected chi connectivity index (χ4v) is 2.72. The quantitative estimate of drug-likeness (QED) is 0.947. The minimum Gasteiger partial charge on any atom is -0.356 e. The van der Waals surface area contributed by atoms with Crippen LogP contribution in [0.2, 0.25) is 0 Å². The van der Waals surface area contributed by atoms with Crippen LogP contribution in [-0.2, 0) is 6.42 Å². The highest BCUT2D eigenvalue weighted by Crippen LogP contribution is 2.24. The van der Waals surface area contributed by atoms with Gasteiger partial charge in [-0.15, -0.1) is 0 Å². The third-order valence-electron chi connectivity index (χ3n) is 4.11. The first-order valence-electron chi connectivity index (χ1n) is 7.80. The number of aromatic nitrogens is 2. The molecule has 1 aromatic heterocycles. The number of nitrogens with zero attached hydrogens (tertiary/aromatic N) is 3. The molecule has 0 saturated carbocycles. The molecule has 2 N–H and O–H groups in total. The maximum absolute atomic E-state index is 14.0. The average molecular weight is 300 g/mol. The van der Waals surface area contributed by atoms with Gasteiger partial charge in [0, 0.05) is 30.9 Å². The zero-order valence-electron chi connectivity index (χ0n) is 12.8. The van der Waals surface area contributed by atoms with Crippen molar-refractivity contribution in [2.45, 2.75) is 32.2 Å². The lowest BCUT2D eigenvalue weighted by Crippen LogP contribution is -2.40. The topological polar surface area (TPSA) is 55.0 Å². The van der Waals surface area contributed by atoms with Gasteiger partial charge < -0.3 is 10.6 Å². The molecule has 0 radical (unpaired) electrons. The molecule has 1 aliphatic rings. The summed E-state index contributed by atoms with van der Waals surface area (Å²) in [6, 6.07) is 8.92. The van der Waals surface area contributed by atoms with E-state index in [0.29, 0.717) is 11.4 Å². The van der Waals surface area contributed by atoms with Crippen LogP contribution < -0.4 is 10.6 Å². The monoisotopic (exact) mass is 300 g/mol. The van der Waals surface area contributed by atoms with E-state index in [0.717, 1.165) is 43.9 Å². The maximum Gasteiger partial charge on any atom is 0.164 e. The number of halogens is 1. The Morgan fingerprint density at radius 1 is 1.23 bits per heavy atom. The van der Waals surface area contributed by atoms with E-state index < -0.39 is 0 Å². The highest BCUT2D eigenvalue weighted by molar-refractivity contribution is 5.59. The first-order valence-corrected chi connectivity index (χ1v) is 7.80. The molecule has 116 valence electrons. The number of rotatable bonds is 3. The Labute approximate surface area is 130 Å². The Morgan fingerprint density at radius 2 is 1.95 bits per heavy atom. The predicted octanol–water partition coefficient (Wildman–Crippen LogP) is 2.77. The van der Waals surface area contributed by atoms with Crippen molar-refractivity contribution in [1.29, 1.82) is 0 Å². The molecule has 1 aromatic carbocycles. The molecule has 1 aliphatic heterocycles. The maximum atomic E-state index is 14.0. The summed E-state index contributed by atoms with van der Waals surface area (Å²) in [5, 5.41) is 0. The average Bonchev–Trinajstić information content (AvgIpc) is 2.55. The minimum atomic E-state index is -0.289. The van der Waals surface area contributed by atoms with Gasteiger partial charge in [0.2, 0.25) is 0 Å². The third-order valence-corrected chi connectivity index (χ3v) is 4.11. The van der Waals surface area contributed by atoms with Crippen molar-refractivity contribution >= 4 is 5.82 Å². The van der Waals surface area contributed by atoms with Gasteiger partial charge in [-0.25, -0.2) is 14.4 Å². The Kier molecular flexibility index (Phi) is 4.34. The smallest absolute Gasteiger partial charge is 0.164 e. The van der Waals surface area contributed by atoms with Crippen LogP contribution in [0.3, 0.4) is 0 Å². The molecule has 0 aliphatic carbocycles. The van der Waals surface area contributed by atoms with Crippen LogP contribution in [0, 0.1) is 5.82 Å². The molecule has 1 fully saturated rings. The Balaban J connectivity index is 1.98. The summed E-state index contributed by atoms with van der Waals surface area (Å²) in [6.45, 7) is 3.82. The lowest BCUT2D eigenvalue weighted by Gasteiger charge is -2.31. The van der Waals surface area contributed by atoms with Gasteiger partial charge in [-0.05, 0) is 31.4 Å². The first kappa shape index (κ1) is 14.9. The Bertz CT molecular complexity index is 651. The van der Waals surface area contributed by atoms with E-state index >= 15 is 0 Å². The summed E-state index contributed by atoms with van der Waals surface area (Å²) in [5.41, 5.74) is 7.34. The molecule has 0 spiro atoms. The summed E-state index contributed by atoms with van der Waals surface area (Å²) in [5.74, 6) is 1.04. The van der Waals surface area contributed by atoms with Gasteiger partial charge in [-0.3, -0.25) is 0 Å². The number of piperidine rings is 1. The molecule has 0 unspecified atom stereocenters. The molecule has 1 saturated heterocycles. The van der Waals surface area contributed by atoms with Gasteiger partial charge in [0.15, 0.2) is 5.82 Å². The number of anilines is 1. The van der Waals surface area contributed by atoms with Crippen molar-refractivity contribution in [3.63, 3.8) is 0 Å². The summed E-state index contributed by atoms with van der Waals surface area (Å²) >= 11 is 0. The van der Waals surface area contributed by atoms with Crippen LogP contribution in [0.4, 0.5) is 10.2 Å². The van der Waals surface area contributed by atoms with Crippen LogP contribution in [0.5, 0.6) is 0 Å². The van der Waals surface area contributed by atoms with Crippen molar-refractivity contribution in [2.24, 2.45) is 5.73 Å². The molecule has 5 heteroatoms. The van der Waals surface area contributed by atoms with E-state index in [1.807, 2.05) is 13.0 Å². The zero-order chi connectivity index (χ0) is 15.5. The lowest BCUT2D eigenvalue weighted by atomic mass is 10.1. The molecule has 2 heterocycles. The van der Waals surface area contributed by atoms with Crippen molar-refractivity contribution < 1.29 is 4.39 Å². The van der Waals surface area contributed by atoms with Crippen LogP contribution in [0.25, 0.3) is 11.4 Å². The third kappa shape index (κ3) is 3.09. The van der Waals surface area contributed by atoms with E-state index in [2.05, 4.69) is 14.9 Å². The van der Waals surface area contributed by atoms with E-state index in [1.165, 1.54) is 6.07 Å². The highest BCUT2D eigenvalue weighted by atomic mass is 19.1. The number of benzene rings is 1. The molecular formula is C17H21FN4. The van der Waals surface area contributed by atoms with Gasteiger partial charge in [0.25, 0.3) is 0 Å². The van der Waals surface area contributed by atoms with Crippen LogP contribution in [0.1, 0.15) is 25.5 Å². The van der Waals surface area contributed by atoms with Gasteiger partial charge >= 0.3 is 0 Å². The van der Waals surface area contributed by atoms with E-state index in [9.17, 15) is 4.39 Å². The molecule has 0 bridgehead atoms. The molecule has 22 heavy (non-hydrogen) atoms. The Morgan fingerprint density at radius 3 is 2.64 bits per heavy atom. The summed E-state index contributed by atoms with van der Waals surface area (Å²) < 4.78 is 14.0. The second kappa shape index (κ2) is 6.40. The first-order chi connectivity index (χ1) is 10.7. The molecular weight excluding hydrogens is 279 g/mol. The van der Waals surface area contributed by atoms with Crippen LogP contribution >= 0.6 is 0 Å². The van der Waals surface area contributed by atoms with Crippen LogP contribution in [-0.4, -0.2) is 29.1 Å². The largest absolute Gasteiger partial charge is 0.356 e. The number of hydrogen-bond acceptors (Lipinski definition) is 4. The van der Waals surface area contributed by atoms with E-state index in [1.54, 1.807) is 18.2 Å². The van der Waals surface area contributed by atoms with Crippen LogP contribution in [0.15, 0.2) is 30.3 Å². The zero-order valence-corrected chi connectivity index (χ0v) is 12.8. The lowest BCUT2D eigenvalue weighted by molar-refractivity contribution is 0.498. The molecule has 0 amide bonds. The highest BCUT2D eigenvalue weighted by Gasteiger charge is 2.19. The minimum absolute atomic E-state index is 0.273. The van der Waals surface area contributed by atoms with Gasteiger partial charge in [0.05, 0.1) is 5.56 Å². The fourth-order valence-electron chi connectivity index (χ4n) is 2.72. The predicted molar refractivity (Wildman–Crippen MR) is 86.2 cm³/mol. The van der Waals surface area contributed by atoms with Crippen molar-refractivity contribution in [3.05, 3.63) is 41.8 Å². The number of hydrogen-bond donors (Lipinski definition) is 1. The van der Waals surface area contributed by atoms with Crippen molar-refractivity contribution in [2.75, 3.05) is 18.0 Å². The Hall–Kier alpha value is -2.01. The summed E-state index contributed by atoms with van der Waals surface area (Å²) in [4.78, 5) is 11.3. The molecule has 2 aromatic rings. The van der Waals surface area contributed by atoms with E-state index in [4.69, 9.17) is 5.73 Å². The molecule has 4 nitrogen and oxygen atoms in total. The second-order valence-corrected chi connectivity index (χ2v) is 5.70. The number of aryl methyl sites for hydroxylation is 1. The summed E-state index contributed by atoms with van der Waals surface area (Å²) in [7, 11) is 0. The normalized spacial score (nSPS) is 16.0.